The van der Waals surface area contributed by atoms with E-state index in [0.29, 0.717) is 22.9 Å². The van der Waals surface area contributed by atoms with Crippen LogP contribution in [0.5, 0.6) is 17.2 Å². The Morgan fingerprint density at radius 1 is 1.03 bits per heavy atom. The lowest BCUT2D eigenvalue weighted by Gasteiger charge is -2.11. The molecule has 0 unspecified atom stereocenters. The van der Waals surface area contributed by atoms with E-state index >= 15 is 0 Å². The van der Waals surface area contributed by atoms with Crippen molar-refractivity contribution < 1.29 is 19.0 Å². The van der Waals surface area contributed by atoms with E-state index in [1.807, 2.05) is 30.5 Å². The summed E-state index contributed by atoms with van der Waals surface area (Å²) in [6.07, 6.45) is 1.85. The van der Waals surface area contributed by atoms with Crippen molar-refractivity contribution in [2.24, 2.45) is 0 Å². The van der Waals surface area contributed by atoms with Crippen molar-refractivity contribution in [3.63, 3.8) is 0 Å². The van der Waals surface area contributed by atoms with E-state index in [1.165, 1.54) is 11.3 Å². The smallest absolute Gasteiger partial charge is 0.273 e. The molecule has 2 heterocycles. The Kier molecular flexibility index (Phi) is 5.09. The Balaban J connectivity index is 1.66. The van der Waals surface area contributed by atoms with Crippen LogP contribution in [0.4, 0.5) is 5.69 Å². The van der Waals surface area contributed by atoms with Gasteiger partial charge in [0.1, 0.15) is 22.9 Å². The highest BCUT2D eigenvalue weighted by atomic mass is 32.1. The number of fused-ring (bicyclic) bond motifs is 1. The van der Waals surface area contributed by atoms with Gasteiger partial charge in [0.15, 0.2) is 4.96 Å². The second-order valence-corrected chi connectivity index (χ2v) is 6.99. The minimum absolute atomic E-state index is 0.266. The summed E-state index contributed by atoms with van der Waals surface area (Å²) in [6, 6.07) is 12.9. The number of nitrogens with one attached hydrogen (secondary N) is 1. The molecule has 4 aromatic rings. The molecular weight excluding hydrogens is 390 g/mol. The maximum absolute atomic E-state index is 12.9. The quantitative estimate of drug-likeness (QED) is 0.513. The van der Waals surface area contributed by atoms with Crippen LogP contribution in [0.3, 0.4) is 0 Å². The number of thiazole rings is 1. The fraction of sp³-hybridized carbons (Fsp3) is 0.143. The number of benzene rings is 2. The van der Waals surface area contributed by atoms with Gasteiger partial charge in [-0.15, -0.1) is 11.3 Å². The van der Waals surface area contributed by atoms with Crippen molar-refractivity contribution >= 4 is 27.9 Å². The first-order chi connectivity index (χ1) is 14.1. The normalized spacial score (nSPS) is 10.7. The summed E-state index contributed by atoms with van der Waals surface area (Å²) >= 11 is 1.40. The highest BCUT2D eigenvalue weighted by Crippen LogP contribution is 2.30. The molecule has 29 heavy (non-hydrogen) atoms. The second-order valence-electron chi connectivity index (χ2n) is 6.15. The van der Waals surface area contributed by atoms with Gasteiger partial charge in [-0.3, -0.25) is 9.20 Å². The zero-order valence-electron chi connectivity index (χ0n) is 16.1. The molecule has 0 saturated carbocycles. The zero-order chi connectivity index (χ0) is 20.4. The number of ether oxygens (including phenoxy) is 3. The van der Waals surface area contributed by atoms with Gasteiger partial charge in [0.25, 0.3) is 5.91 Å². The van der Waals surface area contributed by atoms with Crippen LogP contribution in [0.2, 0.25) is 0 Å². The van der Waals surface area contributed by atoms with E-state index < -0.39 is 0 Å². The van der Waals surface area contributed by atoms with Crippen molar-refractivity contribution in [1.29, 1.82) is 0 Å². The van der Waals surface area contributed by atoms with Gasteiger partial charge in [-0.05, 0) is 24.3 Å². The van der Waals surface area contributed by atoms with E-state index in [9.17, 15) is 4.79 Å². The third-order valence-electron chi connectivity index (χ3n) is 4.46. The van der Waals surface area contributed by atoms with Gasteiger partial charge in [-0.25, -0.2) is 4.98 Å². The summed E-state index contributed by atoms with van der Waals surface area (Å²) in [5, 5.41) is 4.67. The van der Waals surface area contributed by atoms with E-state index in [2.05, 4.69) is 10.3 Å². The lowest BCUT2D eigenvalue weighted by molar-refractivity contribution is 0.102. The number of methoxy groups -OCH3 is 3. The van der Waals surface area contributed by atoms with Crippen LogP contribution >= 0.6 is 11.3 Å². The monoisotopic (exact) mass is 409 g/mol. The summed E-state index contributed by atoms with van der Waals surface area (Å²) < 4.78 is 17.6. The van der Waals surface area contributed by atoms with Gasteiger partial charge in [0, 0.05) is 23.2 Å². The molecule has 0 aliphatic rings. The molecule has 0 spiro atoms. The number of hydrogen-bond donors (Lipinski definition) is 1. The molecule has 0 radical (unpaired) electrons. The van der Waals surface area contributed by atoms with Gasteiger partial charge in [0.2, 0.25) is 0 Å². The van der Waals surface area contributed by atoms with Crippen LogP contribution < -0.4 is 19.5 Å². The molecule has 148 valence electrons. The van der Waals surface area contributed by atoms with Crippen molar-refractivity contribution in [1.82, 2.24) is 9.38 Å². The maximum Gasteiger partial charge on any atom is 0.273 e. The molecule has 0 atom stereocenters. The standard InChI is InChI=1S/C21H19N3O4S/c1-26-14-6-4-5-13(9-14)17-11-24-18(12-29-21(24)23-17)20(25)22-16-10-15(27-2)7-8-19(16)28-3/h4-12H,1-3H3,(H,22,25). The van der Waals surface area contributed by atoms with Gasteiger partial charge in [-0.1, -0.05) is 12.1 Å². The van der Waals surface area contributed by atoms with Crippen molar-refractivity contribution in [2.75, 3.05) is 26.6 Å². The van der Waals surface area contributed by atoms with E-state index in [0.717, 1.165) is 22.0 Å². The van der Waals surface area contributed by atoms with Crippen LogP contribution in [-0.2, 0) is 0 Å². The van der Waals surface area contributed by atoms with Gasteiger partial charge >= 0.3 is 0 Å². The van der Waals surface area contributed by atoms with Crippen molar-refractivity contribution in [2.45, 2.75) is 0 Å². The van der Waals surface area contributed by atoms with E-state index in [1.54, 1.807) is 49.3 Å². The highest BCUT2D eigenvalue weighted by molar-refractivity contribution is 7.15. The van der Waals surface area contributed by atoms with Gasteiger partial charge in [0.05, 0.1) is 32.7 Å². The SMILES string of the molecule is COc1cccc(-c2cn3c(C(=O)Nc4cc(OC)ccc4OC)csc3n2)c1. The predicted molar refractivity (Wildman–Crippen MR) is 113 cm³/mol. The average Bonchev–Trinajstić information content (AvgIpc) is 3.34. The number of carbonyl (C=O) groups is 1. The predicted octanol–water partition coefficient (Wildman–Crippen LogP) is 4.34. The number of hydrogen-bond acceptors (Lipinski definition) is 6. The fourth-order valence-electron chi connectivity index (χ4n) is 2.97. The van der Waals surface area contributed by atoms with Crippen LogP contribution in [0.1, 0.15) is 10.5 Å². The number of anilines is 1. The lowest BCUT2D eigenvalue weighted by atomic mass is 10.1. The van der Waals surface area contributed by atoms with Crippen LogP contribution in [0, 0.1) is 0 Å². The maximum atomic E-state index is 12.9. The Morgan fingerprint density at radius 2 is 1.83 bits per heavy atom. The lowest BCUT2D eigenvalue weighted by Crippen LogP contribution is -2.14. The molecule has 0 bridgehead atoms. The van der Waals surface area contributed by atoms with Crippen molar-refractivity contribution in [3.8, 4) is 28.5 Å². The molecular formula is C21H19N3O4S. The van der Waals surface area contributed by atoms with Crippen LogP contribution in [0.15, 0.2) is 54.0 Å². The molecule has 8 heteroatoms. The number of amides is 1. The molecule has 0 aliphatic heterocycles. The second kappa shape index (κ2) is 7.84. The first-order valence-corrected chi connectivity index (χ1v) is 9.65. The first-order valence-electron chi connectivity index (χ1n) is 8.77. The summed E-state index contributed by atoms with van der Waals surface area (Å²) in [5.74, 6) is 1.66. The van der Waals surface area contributed by atoms with Crippen molar-refractivity contribution in [3.05, 3.63) is 59.7 Å². The number of nitrogens with zero attached hydrogens (tertiary/aromatic N) is 2. The van der Waals surface area contributed by atoms with E-state index in [-0.39, 0.29) is 5.91 Å². The average molecular weight is 409 g/mol. The van der Waals surface area contributed by atoms with E-state index in [4.69, 9.17) is 14.2 Å². The molecule has 1 N–H and O–H groups in total. The molecule has 2 aromatic carbocycles. The number of rotatable bonds is 6. The number of carbonyl (C=O) groups excluding carboxylic acids is 1. The minimum atomic E-state index is -0.266. The summed E-state index contributed by atoms with van der Waals surface area (Å²) in [6.45, 7) is 0. The summed E-state index contributed by atoms with van der Waals surface area (Å²) in [7, 11) is 4.75. The third kappa shape index (κ3) is 3.62. The van der Waals surface area contributed by atoms with Gasteiger partial charge < -0.3 is 19.5 Å². The summed E-state index contributed by atoms with van der Waals surface area (Å²) in [4.78, 5) is 18.3. The summed E-state index contributed by atoms with van der Waals surface area (Å²) in [5.41, 5.74) is 2.70. The Bertz CT molecular complexity index is 1180. The molecule has 1 amide bonds. The minimum Gasteiger partial charge on any atom is -0.497 e. The molecule has 0 saturated heterocycles. The number of aromatic nitrogens is 2. The van der Waals surface area contributed by atoms with Crippen LogP contribution in [-0.4, -0.2) is 36.6 Å². The largest absolute Gasteiger partial charge is 0.497 e. The fourth-order valence-corrected chi connectivity index (χ4v) is 3.82. The topological polar surface area (TPSA) is 74.1 Å². The third-order valence-corrected chi connectivity index (χ3v) is 5.30. The molecule has 7 nitrogen and oxygen atoms in total. The zero-order valence-corrected chi connectivity index (χ0v) is 16.9. The molecule has 0 aliphatic carbocycles. The highest BCUT2D eigenvalue weighted by Gasteiger charge is 2.17. The number of imidazole rings is 1. The Hall–Kier alpha value is -3.52. The Labute approximate surface area is 171 Å². The molecule has 2 aromatic heterocycles. The van der Waals surface area contributed by atoms with Crippen LogP contribution in [0.25, 0.3) is 16.2 Å². The molecule has 0 fully saturated rings. The first kappa shape index (κ1) is 18.8. The Morgan fingerprint density at radius 3 is 2.59 bits per heavy atom. The molecule has 4 rings (SSSR count). The van der Waals surface area contributed by atoms with Gasteiger partial charge in [-0.2, -0.15) is 0 Å².